The predicted molar refractivity (Wildman–Crippen MR) is 104 cm³/mol. The number of carboxylic acids is 1. The summed E-state index contributed by atoms with van der Waals surface area (Å²) in [6.45, 7) is 2.55. The van der Waals surface area contributed by atoms with Crippen molar-refractivity contribution in [3.05, 3.63) is 16.5 Å². The first kappa shape index (κ1) is 21.3. The Hall–Kier alpha value is -1.73. The minimum absolute atomic E-state index is 0.265. The molecule has 1 aromatic rings. The van der Waals surface area contributed by atoms with Crippen molar-refractivity contribution in [3.63, 3.8) is 0 Å². The lowest BCUT2D eigenvalue weighted by Crippen LogP contribution is -2.22. The fourth-order valence-corrected chi connectivity index (χ4v) is 3.71. The Morgan fingerprint density at radius 2 is 2.08 bits per heavy atom. The lowest BCUT2D eigenvalue weighted by atomic mass is 9.95. The molecule has 1 aromatic heterocycles. The summed E-state index contributed by atoms with van der Waals surface area (Å²) in [5.74, 6) is -0.722. The zero-order valence-corrected chi connectivity index (χ0v) is 15.9. The molecule has 0 spiro atoms. The standard InChI is InChI=1S/C13H18N2OS.C5H11NO2/c1-9(14)12-7-11(8-16)17-13(12)15-10-5-3-2-4-6-10;1-6-4-2-3-5(7)8/h7-8,10,14-15H,2-6H2,1H3;6H,2-4H2,1H3,(H,7,8). The number of thiophene rings is 1. The fraction of sp³-hybridized carbons (Fsp3) is 0.611. The van der Waals surface area contributed by atoms with Crippen LogP contribution in [0.15, 0.2) is 6.07 Å². The van der Waals surface area contributed by atoms with Crippen LogP contribution in [0, 0.1) is 5.41 Å². The molecule has 0 unspecified atom stereocenters. The van der Waals surface area contributed by atoms with Crippen LogP contribution in [-0.2, 0) is 4.79 Å². The Morgan fingerprint density at radius 3 is 2.60 bits per heavy atom. The van der Waals surface area contributed by atoms with Crippen LogP contribution in [0.2, 0.25) is 0 Å². The van der Waals surface area contributed by atoms with Gasteiger partial charge in [0, 0.05) is 23.7 Å². The van der Waals surface area contributed by atoms with Crippen LogP contribution >= 0.6 is 11.3 Å². The van der Waals surface area contributed by atoms with Gasteiger partial charge in [0.1, 0.15) is 0 Å². The summed E-state index contributed by atoms with van der Waals surface area (Å²) in [6.07, 6.45) is 8.13. The molecule has 0 bridgehead atoms. The van der Waals surface area contributed by atoms with Gasteiger partial charge in [0.15, 0.2) is 6.29 Å². The quantitative estimate of drug-likeness (QED) is 0.318. The third-order valence-electron chi connectivity index (χ3n) is 4.03. The van der Waals surface area contributed by atoms with Gasteiger partial charge >= 0.3 is 5.97 Å². The molecule has 0 radical (unpaired) electrons. The largest absolute Gasteiger partial charge is 0.481 e. The predicted octanol–water partition coefficient (Wildman–Crippen LogP) is 3.76. The maximum atomic E-state index is 10.8. The Labute approximate surface area is 153 Å². The van der Waals surface area contributed by atoms with E-state index in [1.807, 2.05) is 13.1 Å². The zero-order valence-electron chi connectivity index (χ0n) is 15.1. The van der Waals surface area contributed by atoms with Crippen LogP contribution in [0.4, 0.5) is 5.00 Å². The molecule has 0 aromatic carbocycles. The Kier molecular flexibility index (Phi) is 10.0. The number of rotatable bonds is 8. The van der Waals surface area contributed by atoms with Crippen molar-refractivity contribution in [2.24, 2.45) is 0 Å². The number of aldehydes is 1. The fourth-order valence-electron chi connectivity index (χ4n) is 2.70. The third-order valence-corrected chi connectivity index (χ3v) is 5.02. The van der Waals surface area contributed by atoms with E-state index in [4.69, 9.17) is 10.5 Å². The van der Waals surface area contributed by atoms with Crippen LogP contribution in [0.1, 0.15) is 67.1 Å². The van der Waals surface area contributed by atoms with Crippen molar-refractivity contribution < 1.29 is 14.7 Å². The number of aliphatic carboxylic acids is 1. The summed E-state index contributed by atoms with van der Waals surface area (Å²) in [5.41, 5.74) is 1.40. The second-order valence-electron chi connectivity index (χ2n) is 6.21. The molecule has 7 heteroatoms. The van der Waals surface area contributed by atoms with Gasteiger partial charge in [-0.1, -0.05) is 19.3 Å². The van der Waals surface area contributed by atoms with E-state index in [1.165, 1.54) is 43.4 Å². The number of nitrogens with one attached hydrogen (secondary N) is 3. The van der Waals surface area contributed by atoms with Crippen LogP contribution in [0.25, 0.3) is 0 Å². The highest BCUT2D eigenvalue weighted by Crippen LogP contribution is 2.30. The molecule has 1 heterocycles. The number of carbonyl (C=O) groups is 2. The van der Waals surface area contributed by atoms with Crippen molar-refractivity contribution in [1.29, 1.82) is 5.41 Å². The Bertz CT molecular complexity index is 566. The highest BCUT2D eigenvalue weighted by molar-refractivity contribution is 7.18. The van der Waals surface area contributed by atoms with Crippen molar-refractivity contribution in [1.82, 2.24) is 5.32 Å². The molecule has 0 amide bonds. The SMILES string of the molecule is CC(=N)c1cc(C=O)sc1NC1CCCCC1.CNCCCC(=O)O. The van der Waals surface area contributed by atoms with E-state index in [-0.39, 0.29) is 6.42 Å². The minimum Gasteiger partial charge on any atom is -0.481 e. The maximum absolute atomic E-state index is 10.8. The summed E-state index contributed by atoms with van der Waals surface area (Å²) < 4.78 is 0. The number of anilines is 1. The lowest BCUT2D eigenvalue weighted by molar-refractivity contribution is -0.137. The second kappa shape index (κ2) is 11.8. The smallest absolute Gasteiger partial charge is 0.303 e. The molecule has 1 saturated carbocycles. The van der Waals surface area contributed by atoms with E-state index in [1.54, 1.807) is 6.92 Å². The maximum Gasteiger partial charge on any atom is 0.303 e. The van der Waals surface area contributed by atoms with Gasteiger partial charge in [-0.3, -0.25) is 9.59 Å². The van der Waals surface area contributed by atoms with Crippen molar-refractivity contribution in [2.45, 2.75) is 57.9 Å². The van der Waals surface area contributed by atoms with E-state index in [2.05, 4.69) is 10.6 Å². The van der Waals surface area contributed by atoms with Crippen LogP contribution in [0.3, 0.4) is 0 Å². The van der Waals surface area contributed by atoms with Gasteiger partial charge in [-0.2, -0.15) is 0 Å². The molecule has 2 rings (SSSR count). The third kappa shape index (κ3) is 8.27. The number of carbonyl (C=O) groups excluding carboxylic acids is 1. The van der Waals surface area contributed by atoms with E-state index in [0.717, 1.165) is 23.4 Å². The van der Waals surface area contributed by atoms with Gasteiger partial charge in [0.05, 0.1) is 9.88 Å². The number of hydrogen-bond donors (Lipinski definition) is 4. The Morgan fingerprint density at radius 1 is 1.40 bits per heavy atom. The van der Waals surface area contributed by atoms with Gasteiger partial charge in [-0.05, 0) is 45.8 Å². The van der Waals surface area contributed by atoms with Gasteiger partial charge in [-0.15, -0.1) is 11.3 Å². The lowest BCUT2D eigenvalue weighted by Gasteiger charge is -2.23. The topological polar surface area (TPSA) is 102 Å². The van der Waals surface area contributed by atoms with Crippen LogP contribution in [-0.4, -0.2) is 42.7 Å². The molecular formula is C18H29N3O3S. The van der Waals surface area contributed by atoms with E-state index >= 15 is 0 Å². The number of hydrogen-bond acceptors (Lipinski definition) is 6. The van der Waals surface area contributed by atoms with Gasteiger partial charge in [-0.25, -0.2) is 0 Å². The highest BCUT2D eigenvalue weighted by atomic mass is 32.1. The van der Waals surface area contributed by atoms with Crippen molar-refractivity contribution in [3.8, 4) is 0 Å². The van der Waals surface area contributed by atoms with E-state index in [9.17, 15) is 9.59 Å². The van der Waals surface area contributed by atoms with Gasteiger partial charge < -0.3 is 21.1 Å². The molecule has 140 valence electrons. The average Bonchev–Trinajstić information content (AvgIpc) is 3.00. The molecule has 1 aliphatic carbocycles. The van der Waals surface area contributed by atoms with Crippen molar-refractivity contribution >= 4 is 34.3 Å². The molecule has 0 saturated heterocycles. The summed E-state index contributed by atoms with van der Waals surface area (Å²) in [7, 11) is 1.81. The molecule has 0 aliphatic heterocycles. The van der Waals surface area contributed by atoms with E-state index < -0.39 is 5.97 Å². The monoisotopic (exact) mass is 367 g/mol. The summed E-state index contributed by atoms with van der Waals surface area (Å²) in [6, 6.07) is 2.32. The summed E-state index contributed by atoms with van der Waals surface area (Å²) in [5, 5.41) is 23.2. The average molecular weight is 368 g/mol. The summed E-state index contributed by atoms with van der Waals surface area (Å²) >= 11 is 1.46. The zero-order chi connectivity index (χ0) is 18.7. The van der Waals surface area contributed by atoms with Crippen LogP contribution in [0.5, 0.6) is 0 Å². The first-order chi connectivity index (χ1) is 12.0. The molecule has 0 atom stereocenters. The highest BCUT2D eigenvalue weighted by Gasteiger charge is 2.17. The Balaban J connectivity index is 0.000000333. The van der Waals surface area contributed by atoms with Gasteiger partial charge in [0.25, 0.3) is 0 Å². The first-order valence-corrected chi connectivity index (χ1v) is 9.57. The first-order valence-electron chi connectivity index (χ1n) is 8.75. The molecule has 1 fully saturated rings. The molecular weight excluding hydrogens is 338 g/mol. The summed E-state index contributed by atoms with van der Waals surface area (Å²) in [4.78, 5) is 21.3. The van der Waals surface area contributed by atoms with Gasteiger partial charge in [0.2, 0.25) is 0 Å². The molecule has 4 N–H and O–H groups in total. The second-order valence-corrected chi connectivity index (χ2v) is 7.30. The van der Waals surface area contributed by atoms with Crippen LogP contribution < -0.4 is 10.6 Å². The molecule has 1 aliphatic rings. The van der Waals surface area contributed by atoms with Crippen molar-refractivity contribution in [2.75, 3.05) is 18.9 Å². The molecule has 25 heavy (non-hydrogen) atoms. The number of carboxylic acid groups (broad SMARTS) is 1. The van der Waals surface area contributed by atoms with E-state index in [0.29, 0.717) is 23.1 Å². The minimum atomic E-state index is -0.722. The normalized spacial score (nSPS) is 14.3. The molecule has 6 nitrogen and oxygen atoms in total.